The molecule has 4 heteroatoms. The Morgan fingerprint density at radius 3 is 2.00 bits per heavy atom. The number of carbonyl (C=O) groups is 1. The minimum Gasteiger partial charge on any atom is -0.368 e. The second kappa shape index (κ2) is 9.34. The van der Waals surface area contributed by atoms with Gasteiger partial charge < -0.3 is 16.0 Å². The molecule has 1 atom stereocenters. The molecular weight excluding hydrogens is 226 g/mol. The lowest BCUT2D eigenvalue weighted by Gasteiger charge is -2.27. The molecule has 18 heavy (non-hydrogen) atoms. The monoisotopic (exact) mass is 257 g/mol. The Labute approximate surface area is 112 Å². The first-order valence-corrected chi connectivity index (χ1v) is 7.11. The van der Waals surface area contributed by atoms with Crippen LogP contribution >= 0.6 is 0 Å². The van der Waals surface area contributed by atoms with E-state index >= 15 is 0 Å². The molecule has 0 rings (SSSR count). The fourth-order valence-electron chi connectivity index (χ4n) is 2.19. The van der Waals surface area contributed by atoms with Crippen molar-refractivity contribution in [3.8, 4) is 0 Å². The second-order valence-electron chi connectivity index (χ2n) is 5.85. The van der Waals surface area contributed by atoms with E-state index in [1.54, 1.807) is 0 Å². The summed E-state index contributed by atoms with van der Waals surface area (Å²) in [4.78, 5) is 13.7. The number of hydrogen-bond donors (Lipinski definition) is 2. The molecule has 0 aliphatic heterocycles. The molecule has 0 radical (unpaired) electrons. The highest BCUT2D eigenvalue weighted by Crippen LogP contribution is 2.06. The van der Waals surface area contributed by atoms with Crippen molar-refractivity contribution in [3.63, 3.8) is 0 Å². The zero-order valence-corrected chi connectivity index (χ0v) is 12.7. The van der Waals surface area contributed by atoms with E-state index in [2.05, 4.69) is 37.9 Å². The Balaban J connectivity index is 4.24. The molecule has 1 amide bonds. The molecule has 0 aromatic heterocycles. The van der Waals surface area contributed by atoms with Crippen molar-refractivity contribution < 1.29 is 4.79 Å². The summed E-state index contributed by atoms with van der Waals surface area (Å²) in [6.45, 7) is 14.8. The molecule has 0 fully saturated rings. The topological polar surface area (TPSA) is 58.4 Å². The Morgan fingerprint density at radius 1 is 1.17 bits per heavy atom. The lowest BCUT2D eigenvalue weighted by molar-refractivity contribution is -0.120. The molecule has 0 bridgehead atoms. The van der Waals surface area contributed by atoms with E-state index in [-0.39, 0.29) is 11.9 Å². The van der Waals surface area contributed by atoms with Crippen LogP contribution in [0.3, 0.4) is 0 Å². The third kappa shape index (κ3) is 8.48. The number of carbonyl (C=O) groups excluding carboxylic acids is 1. The number of rotatable bonds is 10. The van der Waals surface area contributed by atoms with Crippen LogP contribution in [0.15, 0.2) is 0 Å². The lowest BCUT2D eigenvalue weighted by Crippen LogP contribution is -2.44. The number of nitrogens with one attached hydrogen (secondary N) is 1. The van der Waals surface area contributed by atoms with Gasteiger partial charge in [0.1, 0.15) is 0 Å². The third-order valence-electron chi connectivity index (χ3n) is 2.77. The van der Waals surface area contributed by atoms with E-state index in [0.717, 1.165) is 32.6 Å². The molecule has 3 N–H and O–H groups in total. The summed E-state index contributed by atoms with van der Waals surface area (Å²) >= 11 is 0. The standard InChI is InChI=1S/C14H31N3O/c1-6-16-13(14(15)18)7-8-17(9-11(2)3)10-12(4)5/h11-13,16H,6-10H2,1-5H3,(H2,15,18). The average Bonchev–Trinajstić information content (AvgIpc) is 2.21. The van der Waals surface area contributed by atoms with E-state index in [9.17, 15) is 4.79 Å². The van der Waals surface area contributed by atoms with Crippen molar-refractivity contribution in [2.24, 2.45) is 17.6 Å². The van der Waals surface area contributed by atoms with Gasteiger partial charge in [-0.25, -0.2) is 0 Å². The molecule has 0 spiro atoms. The maximum absolute atomic E-state index is 11.3. The summed E-state index contributed by atoms with van der Waals surface area (Å²) in [6, 6.07) is -0.197. The fourth-order valence-corrected chi connectivity index (χ4v) is 2.19. The molecule has 0 saturated carbocycles. The predicted molar refractivity (Wildman–Crippen MR) is 77.4 cm³/mol. The van der Waals surface area contributed by atoms with E-state index in [4.69, 9.17) is 5.73 Å². The molecule has 0 aliphatic rings. The molecule has 0 aromatic carbocycles. The third-order valence-corrected chi connectivity index (χ3v) is 2.77. The quantitative estimate of drug-likeness (QED) is 0.623. The second-order valence-corrected chi connectivity index (χ2v) is 5.85. The highest BCUT2D eigenvalue weighted by Gasteiger charge is 2.16. The van der Waals surface area contributed by atoms with Gasteiger partial charge in [-0.05, 0) is 24.8 Å². The van der Waals surface area contributed by atoms with Gasteiger partial charge in [0.25, 0.3) is 0 Å². The van der Waals surface area contributed by atoms with Crippen molar-refractivity contribution >= 4 is 5.91 Å². The largest absolute Gasteiger partial charge is 0.368 e. The van der Waals surface area contributed by atoms with Crippen LogP contribution in [0, 0.1) is 11.8 Å². The summed E-state index contributed by atoms with van der Waals surface area (Å²) in [6.07, 6.45) is 0.794. The van der Waals surface area contributed by atoms with E-state index in [1.165, 1.54) is 0 Å². The van der Waals surface area contributed by atoms with Crippen molar-refractivity contribution in [2.75, 3.05) is 26.2 Å². The lowest BCUT2D eigenvalue weighted by atomic mass is 10.1. The zero-order valence-electron chi connectivity index (χ0n) is 12.7. The highest BCUT2D eigenvalue weighted by molar-refractivity contribution is 5.79. The molecule has 0 saturated heterocycles. The molecule has 0 heterocycles. The molecule has 1 unspecified atom stereocenters. The Hall–Kier alpha value is -0.610. The normalized spacial score (nSPS) is 13.6. The highest BCUT2D eigenvalue weighted by atomic mass is 16.1. The summed E-state index contributed by atoms with van der Waals surface area (Å²) in [5.41, 5.74) is 5.39. The van der Waals surface area contributed by atoms with Gasteiger partial charge in [-0.15, -0.1) is 0 Å². The van der Waals surface area contributed by atoms with Crippen LogP contribution in [-0.2, 0) is 4.79 Å². The van der Waals surface area contributed by atoms with Crippen LogP contribution in [0.5, 0.6) is 0 Å². The summed E-state index contributed by atoms with van der Waals surface area (Å²) in [5, 5.41) is 3.14. The maximum Gasteiger partial charge on any atom is 0.234 e. The molecule has 0 aliphatic carbocycles. The molecular formula is C14H31N3O. The number of nitrogens with zero attached hydrogens (tertiary/aromatic N) is 1. The SMILES string of the molecule is CCNC(CCN(CC(C)C)CC(C)C)C(N)=O. The molecule has 0 aromatic rings. The van der Waals surface area contributed by atoms with Gasteiger partial charge in [-0.3, -0.25) is 4.79 Å². The maximum atomic E-state index is 11.3. The number of amides is 1. The van der Waals surface area contributed by atoms with Gasteiger partial charge in [0.05, 0.1) is 6.04 Å². The number of hydrogen-bond acceptors (Lipinski definition) is 3. The van der Waals surface area contributed by atoms with Gasteiger partial charge in [0, 0.05) is 19.6 Å². The Bertz CT molecular complexity index is 219. The van der Waals surface area contributed by atoms with E-state index in [0.29, 0.717) is 11.8 Å². The average molecular weight is 257 g/mol. The predicted octanol–water partition coefficient (Wildman–Crippen LogP) is 1.45. The fraction of sp³-hybridized carbons (Fsp3) is 0.929. The van der Waals surface area contributed by atoms with Crippen LogP contribution < -0.4 is 11.1 Å². The summed E-state index contributed by atoms with van der Waals surface area (Å²) < 4.78 is 0. The van der Waals surface area contributed by atoms with E-state index in [1.807, 2.05) is 6.92 Å². The van der Waals surface area contributed by atoms with Gasteiger partial charge in [0.15, 0.2) is 0 Å². The minimum absolute atomic E-state index is 0.197. The zero-order chi connectivity index (χ0) is 14.1. The molecule has 108 valence electrons. The van der Waals surface area contributed by atoms with Gasteiger partial charge in [-0.2, -0.15) is 0 Å². The first-order valence-electron chi connectivity index (χ1n) is 7.11. The van der Waals surface area contributed by atoms with E-state index < -0.39 is 0 Å². The van der Waals surface area contributed by atoms with Crippen molar-refractivity contribution in [2.45, 2.75) is 47.1 Å². The smallest absolute Gasteiger partial charge is 0.234 e. The first-order chi connectivity index (χ1) is 8.36. The van der Waals surface area contributed by atoms with Crippen molar-refractivity contribution in [1.29, 1.82) is 0 Å². The van der Waals surface area contributed by atoms with Crippen molar-refractivity contribution in [3.05, 3.63) is 0 Å². The van der Waals surface area contributed by atoms with Crippen LogP contribution in [0.1, 0.15) is 41.0 Å². The Kier molecular flexibility index (Phi) is 9.02. The van der Waals surface area contributed by atoms with Crippen molar-refractivity contribution in [1.82, 2.24) is 10.2 Å². The molecule has 4 nitrogen and oxygen atoms in total. The van der Waals surface area contributed by atoms with Gasteiger partial charge >= 0.3 is 0 Å². The minimum atomic E-state index is -0.245. The summed E-state index contributed by atoms with van der Waals surface area (Å²) in [5.74, 6) is 1.05. The van der Waals surface area contributed by atoms with Crippen LogP contribution in [-0.4, -0.2) is 43.0 Å². The van der Waals surface area contributed by atoms with Crippen LogP contribution in [0.4, 0.5) is 0 Å². The van der Waals surface area contributed by atoms with Gasteiger partial charge in [0.2, 0.25) is 5.91 Å². The first kappa shape index (κ1) is 17.4. The Morgan fingerprint density at radius 2 is 1.67 bits per heavy atom. The van der Waals surface area contributed by atoms with Crippen LogP contribution in [0.2, 0.25) is 0 Å². The number of primary amides is 1. The number of likely N-dealkylation sites (N-methyl/N-ethyl adjacent to an activating group) is 1. The summed E-state index contributed by atoms with van der Waals surface area (Å²) in [7, 11) is 0. The number of nitrogens with two attached hydrogens (primary N) is 1. The van der Waals surface area contributed by atoms with Gasteiger partial charge in [-0.1, -0.05) is 34.6 Å². The van der Waals surface area contributed by atoms with Crippen LogP contribution in [0.25, 0.3) is 0 Å².